The maximum absolute atomic E-state index is 13.3. The van der Waals surface area contributed by atoms with Gasteiger partial charge < -0.3 is 4.57 Å². The van der Waals surface area contributed by atoms with Crippen molar-refractivity contribution in [3.63, 3.8) is 0 Å². The lowest BCUT2D eigenvalue weighted by atomic mass is 10.1. The van der Waals surface area contributed by atoms with Gasteiger partial charge in [0.15, 0.2) is 4.96 Å². The third kappa shape index (κ3) is 2.79. The Kier molecular flexibility index (Phi) is 4.15. The van der Waals surface area contributed by atoms with Crippen LogP contribution in [0.15, 0.2) is 47.3 Å². The van der Waals surface area contributed by atoms with Crippen LogP contribution in [0.4, 0.5) is 4.39 Å². The summed E-state index contributed by atoms with van der Waals surface area (Å²) in [7, 11) is 0. The van der Waals surface area contributed by atoms with Crippen LogP contribution in [0.2, 0.25) is 0 Å². The molecule has 4 nitrogen and oxygen atoms in total. The number of hydrogen-bond donors (Lipinski definition) is 0. The maximum atomic E-state index is 13.3. The lowest BCUT2D eigenvalue weighted by Gasteiger charge is -2.09. The molecule has 150 valence electrons. The van der Waals surface area contributed by atoms with E-state index in [1.165, 1.54) is 29.0 Å². The van der Waals surface area contributed by atoms with Crippen molar-refractivity contribution in [2.75, 3.05) is 0 Å². The quantitative estimate of drug-likeness (QED) is 0.420. The number of aryl methyl sites for hydroxylation is 3. The molecular formula is C24H20FN3OS. The zero-order valence-corrected chi connectivity index (χ0v) is 18.0. The number of imidazole rings is 1. The van der Waals surface area contributed by atoms with Gasteiger partial charge in [0, 0.05) is 17.1 Å². The second-order valence-corrected chi connectivity index (χ2v) is 8.72. The molecule has 0 aliphatic carbocycles. The van der Waals surface area contributed by atoms with Crippen LogP contribution < -0.4 is 10.1 Å². The van der Waals surface area contributed by atoms with Crippen LogP contribution in [0.1, 0.15) is 28.1 Å². The Morgan fingerprint density at radius 1 is 1.00 bits per heavy atom. The molecule has 0 fully saturated rings. The van der Waals surface area contributed by atoms with Crippen LogP contribution in [-0.2, 0) is 0 Å². The van der Waals surface area contributed by atoms with Crippen LogP contribution in [-0.4, -0.2) is 14.0 Å². The van der Waals surface area contributed by atoms with E-state index in [0.29, 0.717) is 9.49 Å². The van der Waals surface area contributed by atoms with Gasteiger partial charge in [-0.2, -0.15) is 0 Å². The highest BCUT2D eigenvalue weighted by molar-refractivity contribution is 7.15. The predicted molar refractivity (Wildman–Crippen MR) is 120 cm³/mol. The molecule has 0 bridgehead atoms. The van der Waals surface area contributed by atoms with Gasteiger partial charge in [0.25, 0.3) is 5.56 Å². The Labute approximate surface area is 176 Å². The van der Waals surface area contributed by atoms with Crippen molar-refractivity contribution in [2.24, 2.45) is 0 Å². The molecule has 0 saturated carbocycles. The van der Waals surface area contributed by atoms with E-state index < -0.39 is 0 Å². The average molecular weight is 418 g/mol. The van der Waals surface area contributed by atoms with Crippen molar-refractivity contribution in [2.45, 2.75) is 27.7 Å². The Hall–Kier alpha value is -3.25. The number of rotatable bonds is 2. The summed E-state index contributed by atoms with van der Waals surface area (Å²) >= 11 is 1.40. The molecule has 0 unspecified atom stereocenters. The maximum Gasteiger partial charge on any atom is 0.274 e. The third-order valence-corrected chi connectivity index (χ3v) is 6.66. The monoisotopic (exact) mass is 417 g/mol. The van der Waals surface area contributed by atoms with E-state index in [2.05, 4.69) is 16.5 Å². The first-order valence-corrected chi connectivity index (χ1v) is 10.5. The van der Waals surface area contributed by atoms with Gasteiger partial charge in [-0.1, -0.05) is 11.3 Å². The fourth-order valence-corrected chi connectivity index (χ4v) is 4.96. The Morgan fingerprint density at radius 3 is 2.43 bits per heavy atom. The predicted octanol–water partition coefficient (Wildman–Crippen LogP) is 4.62. The number of fused-ring (bicyclic) bond motifs is 3. The second kappa shape index (κ2) is 6.64. The van der Waals surface area contributed by atoms with Gasteiger partial charge in [-0.25, -0.2) is 13.8 Å². The lowest BCUT2D eigenvalue weighted by molar-refractivity contribution is 0.627. The summed E-state index contributed by atoms with van der Waals surface area (Å²) in [6.07, 6.45) is 1.93. The van der Waals surface area contributed by atoms with Crippen molar-refractivity contribution in [3.8, 4) is 5.69 Å². The zero-order valence-electron chi connectivity index (χ0n) is 17.2. The van der Waals surface area contributed by atoms with Crippen LogP contribution in [0.25, 0.3) is 27.8 Å². The van der Waals surface area contributed by atoms with E-state index in [-0.39, 0.29) is 11.4 Å². The van der Waals surface area contributed by atoms with Crippen molar-refractivity contribution in [3.05, 3.63) is 91.2 Å². The molecule has 0 spiro atoms. The molecule has 0 amide bonds. The minimum absolute atomic E-state index is 0.0488. The molecule has 5 aromatic rings. The van der Waals surface area contributed by atoms with Crippen molar-refractivity contribution < 1.29 is 4.39 Å². The number of hydrogen-bond acceptors (Lipinski definition) is 3. The van der Waals surface area contributed by atoms with E-state index in [9.17, 15) is 9.18 Å². The number of benzene rings is 2. The minimum Gasteiger partial charge on any atom is -0.318 e. The van der Waals surface area contributed by atoms with Gasteiger partial charge in [-0.3, -0.25) is 4.79 Å². The summed E-state index contributed by atoms with van der Waals surface area (Å²) in [6, 6.07) is 12.5. The molecule has 5 rings (SSSR count). The normalized spacial score (nSPS) is 12.5. The van der Waals surface area contributed by atoms with Gasteiger partial charge in [-0.15, -0.1) is 0 Å². The smallest absolute Gasteiger partial charge is 0.274 e. The van der Waals surface area contributed by atoms with Crippen molar-refractivity contribution in [1.82, 2.24) is 14.0 Å². The summed E-state index contributed by atoms with van der Waals surface area (Å²) < 4.78 is 17.7. The Morgan fingerprint density at radius 2 is 1.70 bits per heavy atom. The largest absolute Gasteiger partial charge is 0.318 e. The Bertz CT molecular complexity index is 1550. The van der Waals surface area contributed by atoms with E-state index in [4.69, 9.17) is 0 Å². The first-order chi connectivity index (χ1) is 14.3. The van der Waals surface area contributed by atoms with Gasteiger partial charge in [-0.05, 0) is 92.9 Å². The highest BCUT2D eigenvalue weighted by Gasteiger charge is 2.14. The third-order valence-electron chi connectivity index (χ3n) is 5.70. The van der Waals surface area contributed by atoms with Gasteiger partial charge in [0.2, 0.25) is 0 Å². The molecule has 0 radical (unpaired) electrons. The lowest BCUT2D eigenvalue weighted by Crippen LogP contribution is -2.22. The number of thiazole rings is 1. The summed E-state index contributed by atoms with van der Waals surface area (Å²) in [5.41, 5.74) is 7.85. The van der Waals surface area contributed by atoms with E-state index >= 15 is 0 Å². The molecular weight excluding hydrogens is 397 g/mol. The standard InChI is InChI=1S/C24H20FN3OS/c1-13-9-20-21(10-14(13)2)28-23(29)22(30-24(28)26-20)12-17-11-15(3)27(16(17)4)19-7-5-18(25)6-8-19/h5-12H,1-4H3/b22-12-. The summed E-state index contributed by atoms with van der Waals surface area (Å²) in [5.74, 6) is -0.261. The van der Waals surface area contributed by atoms with Gasteiger partial charge in [0.05, 0.1) is 15.6 Å². The average Bonchev–Trinajstić information content (AvgIpc) is 3.29. The van der Waals surface area contributed by atoms with Crippen molar-refractivity contribution in [1.29, 1.82) is 0 Å². The topological polar surface area (TPSA) is 39.3 Å². The van der Waals surface area contributed by atoms with Crippen molar-refractivity contribution >= 4 is 33.4 Å². The Balaban J connectivity index is 1.69. The molecule has 0 N–H and O–H groups in total. The van der Waals surface area contributed by atoms with E-state index in [1.807, 2.05) is 45.0 Å². The SMILES string of the molecule is Cc1cc2nc3s/c(=C\c4cc(C)n(-c5ccc(F)cc5)c4C)c(=O)n3c2cc1C. The molecule has 30 heavy (non-hydrogen) atoms. The van der Waals surface area contributed by atoms with Crippen LogP contribution in [0.3, 0.4) is 0 Å². The highest BCUT2D eigenvalue weighted by Crippen LogP contribution is 2.23. The number of nitrogens with zero attached hydrogens (tertiary/aromatic N) is 3. The van der Waals surface area contributed by atoms with Gasteiger partial charge in [0.1, 0.15) is 5.82 Å². The molecule has 3 heterocycles. The molecule has 0 aliphatic heterocycles. The molecule has 2 aromatic carbocycles. The minimum atomic E-state index is -0.261. The van der Waals surface area contributed by atoms with Crippen LogP contribution >= 0.6 is 11.3 Å². The van der Waals surface area contributed by atoms with Crippen LogP contribution in [0.5, 0.6) is 0 Å². The number of aromatic nitrogens is 3. The first kappa shape index (κ1) is 18.8. The van der Waals surface area contributed by atoms with E-state index in [1.54, 1.807) is 16.5 Å². The van der Waals surface area contributed by atoms with E-state index in [0.717, 1.165) is 39.2 Å². The molecule has 6 heteroatoms. The van der Waals surface area contributed by atoms with Gasteiger partial charge >= 0.3 is 0 Å². The highest BCUT2D eigenvalue weighted by atomic mass is 32.1. The summed E-state index contributed by atoms with van der Waals surface area (Å²) in [4.78, 5) is 18.5. The molecule has 0 atom stereocenters. The number of halogens is 1. The fraction of sp³-hybridized carbons (Fsp3) is 0.167. The van der Waals surface area contributed by atoms with Crippen LogP contribution in [0, 0.1) is 33.5 Å². The summed E-state index contributed by atoms with van der Waals surface area (Å²) in [5, 5.41) is 0. The molecule has 0 aliphatic rings. The second-order valence-electron chi connectivity index (χ2n) is 7.71. The molecule has 0 saturated heterocycles. The first-order valence-electron chi connectivity index (χ1n) is 9.72. The fourth-order valence-electron chi connectivity index (χ4n) is 3.98. The summed E-state index contributed by atoms with van der Waals surface area (Å²) in [6.45, 7) is 8.11. The molecule has 3 aromatic heterocycles. The zero-order chi connectivity index (χ0) is 21.2.